The lowest BCUT2D eigenvalue weighted by atomic mass is 10.1. The maximum atomic E-state index is 12.1. The van der Waals surface area contributed by atoms with Gasteiger partial charge in [-0.05, 0) is 54.6 Å². The summed E-state index contributed by atoms with van der Waals surface area (Å²) >= 11 is 9.84. The average molecular weight is 556 g/mol. The number of hydrogen-bond donors (Lipinski definition) is 1. The number of pyridine rings is 1. The molecule has 30 heavy (non-hydrogen) atoms. The number of halogens is 2. The molecule has 0 fully saturated rings. The number of thioether (sulfide) groups is 1. The number of nitrogens with zero attached hydrogens (tertiary/aromatic N) is 3. The van der Waals surface area contributed by atoms with Crippen LogP contribution in [-0.2, 0) is 9.53 Å². The predicted octanol–water partition coefficient (Wildman–Crippen LogP) is 5.69. The minimum Gasteiger partial charge on any atom is -0.477 e. The van der Waals surface area contributed by atoms with Crippen LogP contribution in [0.4, 0.5) is 0 Å². The van der Waals surface area contributed by atoms with Crippen molar-refractivity contribution in [1.82, 2.24) is 14.3 Å². The van der Waals surface area contributed by atoms with Crippen LogP contribution in [0.3, 0.4) is 0 Å². The zero-order valence-corrected chi connectivity index (χ0v) is 20.0. The first-order valence-corrected chi connectivity index (χ1v) is 11.7. The van der Waals surface area contributed by atoms with Gasteiger partial charge in [0, 0.05) is 26.9 Å². The molecule has 0 bridgehead atoms. The number of aliphatic carboxylic acids is 1. The molecule has 3 aromatic rings. The quantitative estimate of drug-likeness (QED) is 0.394. The Hall–Kier alpha value is -1.91. The van der Waals surface area contributed by atoms with Gasteiger partial charge in [0.15, 0.2) is 4.91 Å². The zero-order chi connectivity index (χ0) is 21.4. The first-order valence-electron chi connectivity index (χ1n) is 9.35. The summed E-state index contributed by atoms with van der Waals surface area (Å²) < 4.78 is 9.28. The summed E-state index contributed by atoms with van der Waals surface area (Å²) in [6.07, 6.45) is 3.39. The fourth-order valence-corrected chi connectivity index (χ4v) is 5.45. The Bertz CT molecular complexity index is 1150. The normalized spacial score (nSPS) is 17.6. The van der Waals surface area contributed by atoms with Crippen molar-refractivity contribution in [2.75, 3.05) is 6.54 Å². The van der Waals surface area contributed by atoms with E-state index in [-0.39, 0.29) is 10.3 Å². The molecule has 1 N–H and O–H groups in total. The number of carbonyl (C=O) groups is 1. The van der Waals surface area contributed by atoms with Crippen LogP contribution in [0.2, 0.25) is 5.02 Å². The highest BCUT2D eigenvalue weighted by Gasteiger charge is 2.40. The fraction of sp³-hybridized carbons (Fsp3) is 0.238. The molecule has 1 aromatic carbocycles. The van der Waals surface area contributed by atoms with Crippen LogP contribution in [0.5, 0.6) is 0 Å². The summed E-state index contributed by atoms with van der Waals surface area (Å²) in [5.41, 5.74) is 2.53. The Morgan fingerprint density at radius 3 is 2.83 bits per heavy atom. The molecule has 6 nitrogen and oxygen atoms in total. The molecular weight excluding hydrogens is 537 g/mol. The molecule has 4 rings (SSSR count). The van der Waals surface area contributed by atoms with E-state index in [0.717, 1.165) is 20.5 Å². The van der Waals surface area contributed by atoms with Crippen LogP contribution in [0.15, 0.2) is 59.6 Å². The van der Waals surface area contributed by atoms with Crippen molar-refractivity contribution in [2.24, 2.45) is 0 Å². The summed E-state index contributed by atoms with van der Waals surface area (Å²) in [7, 11) is 0. The van der Waals surface area contributed by atoms with Gasteiger partial charge in [0.25, 0.3) is 0 Å². The van der Waals surface area contributed by atoms with Gasteiger partial charge in [-0.25, -0.2) is 9.78 Å². The Morgan fingerprint density at radius 2 is 2.13 bits per heavy atom. The van der Waals surface area contributed by atoms with Crippen molar-refractivity contribution >= 4 is 57.6 Å². The van der Waals surface area contributed by atoms with Gasteiger partial charge in [0.1, 0.15) is 17.1 Å². The summed E-state index contributed by atoms with van der Waals surface area (Å²) in [4.78, 5) is 18.7. The SMILES string of the molecule is CCN1C(O[C@H](C)c2ccccc2Cl)=C(C(=O)O)SC1c1cnc2ccc(I)cn12. The molecule has 9 heteroatoms. The number of fused-ring (bicyclic) bond motifs is 1. The van der Waals surface area contributed by atoms with Crippen LogP contribution in [0.25, 0.3) is 5.65 Å². The van der Waals surface area contributed by atoms with Crippen LogP contribution in [-0.4, -0.2) is 31.9 Å². The van der Waals surface area contributed by atoms with Crippen molar-refractivity contribution in [3.63, 3.8) is 0 Å². The number of imidazole rings is 1. The number of aromatic nitrogens is 2. The smallest absolute Gasteiger partial charge is 0.347 e. The largest absolute Gasteiger partial charge is 0.477 e. The fourth-order valence-electron chi connectivity index (χ4n) is 3.45. The molecule has 1 aliphatic rings. The summed E-state index contributed by atoms with van der Waals surface area (Å²) in [5.74, 6) is -0.654. The number of carboxylic acids is 1. The van der Waals surface area contributed by atoms with E-state index < -0.39 is 12.1 Å². The Morgan fingerprint density at radius 1 is 1.37 bits per heavy atom. The molecule has 0 amide bonds. The summed E-state index contributed by atoms with van der Waals surface area (Å²) in [6.45, 7) is 4.43. The lowest BCUT2D eigenvalue weighted by Gasteiger charge is -2.28. The molecule has 2 aromatic heterocycles. The molecule has 2 atom stereocenters. The van der Waals surface area contributed by atoms with E-state index in [1.54, 1.807) is 12.3 Å². The molecule has 0 radical (unpaired) electrons. The highest BCUT2D eigenvalue weighted by atomic mass is 127. The number of hydrogen-bond acceptors (Lipinski definition) is 5. The second-order valence-corrected chi connectivity index (χ2v) is 9.48. The van der Waals surface area contributed by atoms with Crippen molar-refractivity contribution in [3.05, 3.63) is 79.4 Å². The molecule has 0 spiro atoms. The lowest BCUT2D eigenvalue weighted by Crippen LogP contribution is -2.25. The van der Waals surface area contributed by atoms with Crippen molar-refractivity contribution in [2.45, 2.75) is 25.3 Å². The van der Waals surface area contributed by atoms with Gasteiger partial charge >= 0.3 is 5.97 Å². The highest BCUT2D eigenvalue weighted by Crippen LogP contribution is 2.49. The Kier molecular flexibility index (Phi) is 6.17. The number of rotatable bonds is 6. The molecule has 0 aliphatic carbocycles. The molecule has 3 heterocycles. The van der Waals surface area contributed by atoms with Gasteiger partial charge in [0.05, 0.1) is 11.9 Å². The monoisotopic (exact) mass is 555 g/mol. The first-order chi connectivity index (χ1) is 14.4. The third kappa shape index (κ3) is 3.88. The van der Waals surface area contributed by atoms with E-state index in [0.29, 0.717) is 17.5 Å². The van der Waals surface area contributed by atoms with Gasteiger partial charge < -0.3 is 14.7 Å². The van der Waals surface area contributed by atoms with Crippen molar-refractivity contribution in [3.8, 4) is 0 Å². The third-order valence-electron chi connectivity index (χ3n) is 4.89. The zero-order valence-electron chi connectivity index (χ0n) is 16.3. The van der Waals surface area contributed by atoms with E-state index in [2.05, 4.69) is 27.6 Å². The van der Waals surface area contributed by atoms with Crippen molar-refractivity contribution < 1.29 is 14.6 Å². The topological polar surface area (TPSA) is 67.1 Å². The number of ether oxygens (including phenoxy) is 1. The molecule has 0 saturated heterocycles. The predicted molar refractivity (Wildman–Crippen MR) is 126 cm³/mol. The molecule has 1 aliphatic heterocycles. The summed E-state index contributed by atoms with van der Waals surface area (Å²) in [6, 6.07) is 11.4. The highest BCUT2D eigenvalue weighted by molar-refractivity contribution is 14.1. The third-order valence-corrected chi connectivity index (χ3v) is 7.17. The first kappa shape index (κ1) is 21.3. The average Bonchev–Trinajstić information content (AvgIpc) is 3.28. The van der Waals surface area contributed by atoms with E-state index in [9.17, 15) is 9.90 Å². The minimum absolute atomic E-state index is 0.182. The maximum absolute atomic E-state index is 12.1. The standard InChI is InChI=1S/C21H19ClIN3O3S/c1-3-25-19(29-12(2)14-6-4-5-7-15(14)22)18(21(27)28)30-20(25)16-10-24-17-9-8-13(23)11-26(16)17/h4-12,20H,3H2,1-2H3,(H,27,28)/t12-,20?/m1/s1. The second-order valence-electron chi connectivity index (χ2n) is 6.74. The van der Waals surface area contributed by atoms with Gasteiger partial charge in [-0.1, -0.05) is 41.6 Å². The number of benzene rings is 1. The molecule has 0 saturated carbocycles. The van der Waals surface area contributed by atoms with Crippen molar-refractivity contribution in [1.29, 1.82) is 0 Å². The van der Waals surface area contributed by atoms with Gasteiger partial charge in [0.2, 0.25) is 5.88 Å². The molecular formula is C21H19ClIN3O3S. The Balaban J connectivity index is 1.71. The van der Waals surface area contributed by atoms with Crippen LogP contribution >= 0.6 is 46.0 Å². The van der Waals surface area contributed by atoms with E-state index in [1.807, 2.05) is 59.7 Å². The van der Waals surface area contributed by atoms with Gasteiger partial charge in [-0.3, -0.25) is 4.40 Å². The van der Waals surface area contributed by atoms with E-state index in [4.69, 9.17) is 16.3 Å². The van der Waals surface area contributed by atoms with Crippen LogP contribution in [0, 0.1) is 3.57 Å². The van der Waals surface area contributed by atoms with Gasteiger partial charge in [-0.15, -0.1) is 0 Å². The number of carboxylic acid groups (broad SMARTS) is 1. The van der Waals surface area contributed by atoms with E-state index >= 15 is 0 Å². The molecule has 156 valence electrons. The molecule has 1 unspecified atom stereocenters. The lowest BCUT2D eigenvalue weighted by molar-refractivity contribution is -0.132. The van der Waals surface area contributed by atoms with Crippen LogP contribution in [0.1, 0.15) is 36.6 Å². The van der Waals surface area contributed by atoms with E-state index in [1.165, 1.54) is 11.8 Å². The van der Waals surface area contributed by atoms with Gasteiger partial charge in [-0.2, -0.15) is 0 Å². The second kappa shape index (κ2) is 8.68. The minimum atomic E-state index is -1.01. The summed E-state index contributed by atoms with van der Waals surface area (Å²) in [5, 5.41) is 10.2. The Labute approximate surface area is 197 Å². The van der Waals surface area contributed by atoms with Crippen LogP contribution < -0.4 is 0 Å². The maximum Gasteiger partial charge on any atom is 0.347 e.